The van der Waals surface area contributed by atoms with E-state index in [1.165, 1.54) is 12.8 Å². The van der Waals surface area contributed by atoms with Crippen molar-refractivity contribution in [1.29, 1.82) is 0 Å². The fraction of sp³-hybridized carbons (Fsp3) is 0.625. The highest BCUT2D eigenvalue weighted by Gasteiger charge is 2.17. The number of thiocarbonyl (C=S) groups is 1. The average molecular weight is 322 g/mol. The Kier molecular flexibility index (Phi) is 6.86. The number of nitrogens with zero attached hydrogens (tertiary/aromatic N) is 2. The summed E-state index contributed by atoms with van der Waals surface area (Å²) in [6.07, 6.45) is 5.35. The number of pyridine rings is 1. The Hall–Kier alpha value is -1.40. The van der Waals surface area contributed by atoms with Gasteiger partial charge in [0.2, 0.25) is 0 Å². The molecular weight excluding hydrogens is 296 g/mol. The lowest BCUT2D eigenvalue weighted by Crippen LogP contribution is -2.34. The van der Waals surface area contributed by atoms with Gasteiger partial charge in [-0.05, 0) is 49.5 Å². The lowest BCUT2D eigenvalue weighted by Gasteiger charge is -2.31. The van der Waals surface area contributed by atoms with Crippen LogP contribution in [0.5, 0.6) is 0 Å². The highest BCUT2D eigenvalue weighted by molar-refractivity contribution is 7.80. The molecule has 1 aromatic rings. The second-order valence-corrected chi connectivity index (χ2v) is 6.23. The van der Waals surface area contributed by atoms with Gasteiger partial charge in [0.25, 0.3) is 0 Å². The summed E-state index contributed by atoms with van der Waals surface area (Å²) in [6.45, 7) is 6.04. The van der Waals surface area contributed by atoms with Gasteiger partial charge in [0.1, 0.15) is 5.82 Å². The Bertz CT molecular complexity index is 466. The summed E-state index contributed by atoms with van der Waals surface area (Å²) in [7, 11) is 1.70. The summed E-state index contributed by atoms with van der Waals surface area (Å²) in [6, 6.07) is 4.10. The minimum Gasteiger partial charge on any atom is -0.385 e. The fourth-order valence-electron chi connectivity index (χ4n) is 2.64. The number of hydrogen-bond donors (Lipinski definition) is 2. The van der Waals surface area contributed by atoms with Crippen molar-refractivity contribution in [3.05, 3.63) is 18.3 Å². The van der Waals surface area contributed by atoms with Crippen LogP contribution in [0.15, 0.2) is 18.3 Å². The van der Waals surface area contributed by atoms with E-state index in [1.54, 1.807) is 7.11 Å². The van der Waals surface area contributed by atoms with E-state index >= 15 is 0 Å². The Morgan fingerprint density at radius 3 is 3.05 bits per heavy atom. The first kappa shape index (κ1) is 17.0. The number of hydrogen-bond acceptors (Lipinski definition) is 4. The van der Waals surface area contributed by atoms with Crippen LogP contribution in [0.25, 0.3) is 0 Å². The summed E-state index contributed by atoms with van der Waals surface area (Å²) >= 11 is 5.26. The van der Waals surface area contributed by atoms with Crippen molar-refractivity contribution in [2.45, 2.75) is 26.2 Å². The molecule has 22 heavy (non-hydrogen) atoms. The summed E-state index contributed by atoms with van der Waals surface area (Å²) in [4.78, 5) is 6.92. The summed E-state index contributed by atoms with van der Waals surface area (Å²) < 4.78 is 5.00. The van der Waals surface area contributed by atoms with Gasteiger partial charge in [-0.15, -0.1) is 0 Å². The number of aromatic nitrogens is 1. The molecule has 0 saturated carbocycles. The third-order valence-electron chi connectivity index (χ3n) is 3.80. The van der Waals surface area contributed by atoms with E-state index < -0.39 is 0 Å². The van der Waals surface area contributed by atoms with Crippen LogP contribution < -0.4 is 15.5 Å². The molecule has 6 heteroatoms. The van der Waals surface area contributed by atoms with Crippen LogP contribution in [0.2, 0.25) is 0 Å². The van der Waals surface area contributed by atoms with E-state index in [2.05, 4.69) is 33.5 Å². The average Bonchev–Trinajstić information content (AvgIpc) is 2.52. The van der Waals surface area contributed by atoms with Crippen LogP contribution in [0, 0.1) is 5.92 Å². The van der Waals surface area contributed by atoms with Crippen molar-refractivity contribution in [2.24, 2.45) is 5.92 Å². The summed E-state index contributed by atoms with van der Waals surface area (Å²) in [5.74, 6) is 1.80. The van der Waals surface area contributed by atoms with E-state index in [0.29, 0.717) is 5.11 Å². The van der Waals surface area contributed by atoms with Crippen LogP contribution in [-0.2, 0) is 4.74 Å². The number of anilines is 2. The first-order chi connectivity index (χ1) is 10.7. The zero-order chi connectivity index (χ0) is 15.8. The van der Waals surface area contributed by atoms with Gasteiger partial charge in [0.15, 0.2) is 5.11 Å². The van der Waals surface area contributed by atoms with Crippen molar-refractivity contribution in [2.75, 3.05) is 43.6 Å². The number of rotatable bonds is 6. The van der Waals surface area contributed by atoms with E-state index in [0.717, 1.165) is 50.1 Å². The van der Waals surface area contributed by atoms with Crippen LogP contribution in [0.4, 0.5) is 11.5 Å². The highest BCUT2D eigenvalue weighted by Crippen LogP contribution is 2.21. The van der Waals surface area contributed by atoms with Crippen LogP contribution in [-0.4, -0.2) is 43.4 Å². The molecule has 0 radical (unpaired) electrons. The van der Waals surface area contributed by atoms with E-state index in [-0.39, 0.29) is 0 Å². The minimum absolute atomic E-state index is 0.622. The van der Waals surface area contributed by atoms with Crippen molar-refractivity contribution < 1.29 is 4.74 Å². The van der Waals surface area contributed by atoms with Gasteiger partial charge in [0, 0.05) is 33.4 Å². The predicted octanol–water partition coefficient (Wildman–Crippen LogP) is 2.64. The molecule has 1 aliphatic rings. The van der Waals surface area contributed by atoms with Gasteiger partial charge in [0.05, 0.1) is 11.9 Å². The molecule has 1 aromatic heterocycles. The quantitative estimate of drug-likeness (QED) is 0.620. The van der Waals surface area contributed by atoms with Crippen molar-refractivity contribution >= 4 is 28.8 Å². The van der Waals surface area contributed by atoms with Crippen molar-refractivity contribution in [3.63, 3.8) is 0 Å². The van der Waals surface area contributed by atoms with Gasteiger partial charge in [-0.1, -0.05) is 6.92 Å². The maximum Gasteiger partial charge on any atom is 0.170 e. The zero-order valence-corrected chi connectivity index (χ0v) is 14.3. The molecule has 2 N–H and O–H groups in total. The Balaban J connectivity index is 1.80. The predicted molar refractivity (Wildman–Crippen MR) is 95.6 cm³/mol. The van der Waals surface area contributed by atoms with E-state index in [9.17, 15) is 0 Å². The van der Waals surface area contributed by atoms with Crippen molar-refractivity contribution in [3.8, 4) is 0 Å². The van der Waals surface area contributed by atoms with Gasteiger partial charge < -0.3 is 20.3 Å². The van der Waals surface area contributed by atoms with Crippen molar-refractivity contribution in [1.82, 2.24) is 10.3 Å². The maximum atomic E-state index is 5.26. The van der Waals surface area contributed by atoms with E-state index in [1.807, 2.05) is 12.3 Å². The molecule has 0 unspecified atom stereocenters. The molecule has 1 aliphatic heterocycles. The third-order valence-corrected chi connectivity index (χ3v) is 4.04. The summed E-state index contributed by atoms with van der Waals surface area (Å²) in [5, 5.41) is 6.93. The Morgan fingerprint density at radius 1 is 1.50 bits per heavy atom. The third kappa shape index (κ3) is 5.42. The number of piperidine rings is 1. The molecule has 5 nitrogen and oxygen atoms in total. The van der Waals surface area contributed by atoms with Crippen LogP contribution in [0.1, 0.15) is 26.2 Å². The molecule has 0 aliphatic carbocycles. The molecule has 0 bridgehead atoms. The monoisotopic (exact) mass is 322 g/mol. The fourth-order valence-corrected chi connectivity index (χ4v) is 2.86. The highest BCUT2D eigenvalue weighted by atomic mass is 32.1. The van der Waals surface area contributed by atoms with Crippen LogP contribution >= 0.6 is 12.2 Å². The minimum atomic E-state index is 0.622. The maximum absolute atomic E-state index is 5.26. The number of ether oxygens (including phenoxy) is 1. The SMILES string of the molecule is COCCCNC(=S)Nc1ccc(N2CCC[C@H](C)C2)nc1. The van der Waals surface area contributed by atoms with Gasteiger partial charge in [-0.25, -0.2) is 4.98 Å². The molecule has 1 atom stereocenters. The number of methoxy groups -OCH3 is 1. The normalized spacial score (nSPS) is 18.1. The standard InChI is InChI=1S/C16H26N4OS/c1-13-5-3-9-20(12-13)15-7-6-14(11-18-15)19-16(22)17-8-4-10-21-2/h6-7,11,13H,3-5,8-10,12H2,1-2H3,(H2,17,19,22)/t13-/m0/s1. The van der Waals surface area contributed by atoms with Gasteiger partial charge in [-0.2, -0.15) is 0 Å². The van der Waals surface area contributed by atoms with Gasteiger partial charge >= 0.3 is 0 Å². The summed E-state index contributed by atoms with van der Waals surface area (Å²) in [5.41, 5.74) is 0.915. The smallest absolute Gasteiger partial charge is 0.170 e. The second kappa shape index (κ2) is 8.90. The molecule has 0 amide bonds. The lowest BCUT2D eigenvalue weighted by atomic mass is 10.0. The topological polar surface area (TPSA) is 49.4 Å². The Labute approximate surface area is 138 Å². The van der Waals surface area contributed by atoms with Crippen LogP contribution in [0.3, 0.4) is 0 Å². The Morgan fingerprint density at radius 2 is 2.36 bits per heavy atom. The molecule has 122 valence electrons. The zero-order valence-electron chi connectivity index (χ0n) is 13.5. The second-order valence-electron chi connectivity index (χ2n) is 5.83. The molecule has 2 heterocycles. The lowest BCUT2D eigenvalue weighted by molar-refractivity contribution is 0.196. The number of nitrogens with one attached hydrogen (secondary N) is 2. The first-order valence-corrected chi connectivity index (χ1v) is 8.34. The van der Waals surface area contributed by atoms with E-state index in [4.69, 9.17) is 17.0 Å². The molecular formula is C16H26N4OS. The molecule has 1 saturated heterocycles. The largest absolute Gasteiger partial charge is 0.385 e. The van der Waals surface area contributed by atoms with Gasteiger partial charge in [-0.3, -0.25) is 0 Å². The molecule has 0 aromatic carbocycles. The first-order valence-electron chi connectivity index (χ1n) is 7.94. The molecule has 2 rings (SSSR count). The molecule has 1 fully saturated rings. The molecule has 0 spiro atoms.